The number of nitrogens with zero attached hydrogens (tertiary/aromatic N) is 1. The first-order valence-corrected chi connectivity index (χ1v) is 3.18. The van der Waals surface area contributed by atoms with Crippen LogP contribution in [0.15, 0.2) is 24.3 Å². The van der Waals surface area contributed by atoms with Gasteiger partial charge in [-0.15, -0.1) is 0 Å². The molecule has 0 fully saturated rings. The predicted molar refractivity (Wildman–Crippen MR) is 38.5 cm³/mol. The standard InChI is InChI=1S/C8H5NO2.Pr/c10-7-5-3-1-2-4-6(5)8(11)9-7;/h1-4H,(H,9,10,11);/p-1. The van der Waals surface area contributed by atoms with E-state index in [0.29, 0.717) is 11.1 Å². The van der Waals surface area contributed by atoms with E-state index in [1.807, 2.05) is 0 Å². The van der Waals surface area contributed by atoms with Crippen molar-refractivity contribution in [3.05, 3.63) is 40.7 Å². The van der Waals surface area contributed by atoms with Crippen LogP contribution in [0, 0.1) is 41.3 Å². The first-order chi connectivity index (χ1) is 5.29. The second kappa shape index (κ2) is 3.63. The van der Waals surface area contributed by atoms with E-state index in [9.17, 15) is 9.59 Å². The van der Waals surface area contributed by atoms with Crippen LogP contribution < -0.4 is 0 Å². The van der Waals surface area contributed by atoms with Crippen molar-refractivity contribution in [1.82, 2.24) is 0 Å². The number of hydrogen-bond acceptors (Lipinski definition) is 2. The molecule has 3 nitrogen and oxygen atoms in total. The van der Waals surface area contributed by atoms with Gasteiger partial charge in [-0.3, -0.25) is 0 Å². The molecule has 0 aromatic heterocycles. The molecular weight excluding hydrogens is 283 g/mol. The van der Waals surface area contributed by atoms with E-state index in [-0.39, 0.29) is 41.3 Å². The molecule has 1 aromatic rings. The van der Waals surface area contributed by atoms with Crippen molar-refractivity contribution >= 4 is 11.8 Å². The molecule has 0 bridgehead atoms. The minimum atomic E-state index is -0.425. The summed E-state index contributed by atoms with van der Waals surface area (Å²) in [6, 6.07) is 6.63. The van der Waals surface area contributed by atoms with Gasteiger partial charge in [-0.2, -0.15) is 0 Å². The van der Waals surface area contributed by atoms with Gasteiger partial charge in [0.15, 0.2) is 0 Å². The van der Waals surface area contributed by atoms with E-state index in [1.165, 1.54) is 0 Å². The maximum atomic E-state index is 10.9. The molecule has 1 aliphatic rings. The van der Waals surface area contributed by atoms with Crippen LogP contribution in [-0.2, 0) is 0 Å². The zero-order valence-corrected chi connectivity index (χ0v) is 9.85. The Morgan fingerprint density at radius 2 is 1.33 bits per heavy atom. The minimum absolute atomic E-state index is 0. The molecule has 0 saturated carbocycles. The van der Waals surface area contributed by atoms with Gasteiger partial charge in [0.05, 0.1) is 11.8 Å². The maximum Gasteiger partial charge on any atom is 0.0883 e. The topological polar surface area (TPSA) is 48.2 Å². The fraction of sp³-hybridized carbons (Fsp3) is 0. The molecule has 0 spiro atoms. The van der Waals surface area contributed by atoms with Crippen molar-refractivity contribution in [2.75, 3.05) is 0 Å². The number of carbonyl (C=O) groups excluding carboxylic acids is 2. The quantitative estimate of drug-likeness (QED) is 0.676. The second-order valence-electron chi connectivity index (χ2n) is 2.27. The SMILES string of the molecule is O=C1[N-]C(=O)c2ccccc21.[Pr]. The molecular formula is C8H4NO2Pr-. The molecule has 0 atom stereocenters. The van der Waals surface area contributed by atoms with Gasteiger partial charge in [0.2, 0.25) is 0 Å². The Morgan fingerprint density at radius 3 is 1.75 bits per heavy atom. The molecule has 1 aromatic carbocycles. The molecule has 1 heterocycles. The smallest absolute Gasteiger partial charge is 0.0883 e. The fourth-order valence-corrected chi connectivity index (χ4v) is 1.07. The van der Waals surface area contributed by atoms with Crippen LogP contribution in [0.1, 0.15) is 20.7 Å². The summed E-state index contributed by atoms with van der Waals surface area (Å²) in [7, 11) is 0. The van der Waals surface area contributed by atoms with Crippen LogP contribution in [0.4, 0.5) is 0 Å². The fourth-order valence-electron chi connectivity index (χ4n) is 1.07. The molecule has 0 saturated heterocycles. The third kappa shape index (κ3) is 1.43. The van der Waals surface area contributed by atoms with E-state index >= 15 is 0 Å². The van der Waals surface area contributed by atoms with E-state index < -0.39 is 11.8 Å². The van der Waals surface area contributed by atoms with Crippen LogP contribution in [0.3, 0.4) is 0 Å². The summed E-state index contributed by atoms with van der Waals surface area (Å²) in [5, 5.41) is 3.28. The Hall–Kier alpha value is -0.276. The van der Waals surface area contributed by atoms with Gasteiger partial charge in [-0.05, 0) is 0 Å². The number of rotatable bonds is 0. The number of carbonyl (C=O) groups is 2. The molecule has 0 aliphatic carbocycles. The van der Waals surface area contributed by atoms with Crippen molar-refractivity contribution in [1.29, 1.82) is 0 Å². The predicted octanol–water partition coefficient (Wildman–Crippen LogP) is 1.35. The molecule has 1 aliphatic heterocycles. The van der Waals surface area contributed by atoms with E-state index in [0.717, 1.165) is 0 Å². The molecule has 2 amide bonds. The number of benzene rings is 1. The van der Waals surface area contributed by atoms with Gasteiger partial charge in [-0.25, -0.2) is 0 Å². The summed E-state index contributed by atoms with van der Waals surface area (Å²) >= 11 is 0. The Balaban J connectivity index is 0.000000720. The maximum absolute atomic E-state index is 10.9. The van der Waals surface area contributed by atoms with Gasteiger partial charge in [0, 0.05) is 52.4 Å². The number of amides is 2. The van der Waals surface area contributed by atoms with Gasteiger partial charge >= 0.3 is 0 Å². The summed E-state index contributed by atoms with van der Waals surface area (Å²) in [6.45, 7) is 0. The second-order valence-corrected chi connectivity index (χ2v) is 2.27. The summed E-state index contributed by atoms with van der Waals surface area (Å²) in [5.41, 5.74) is 0.829. The Kier molecular flexibility index (Phi) is 2.96. The molecule has 57 valence electrons. The summed E-state index contributed by atoms with van der Waals surface area (Å²) in [5.74, 6) is -0.851. The zero-order chi connectivity index (χ0) is 7.84. The van der Waals surface area contributed by atoms with Crippen molar-refractivity contribution in [3.8, 4) is 0 Å². The summed E-state index contributed by atoms with van der Waals surface area (Å²) in [6.07, 6.45) is 0. The van der Waals surface area contributed by atoms with E-state index in [1.54, 1.807) is 24.3 Å². The minimum Gasteiger partial charge on any atom is -0.587 e. The Labute approximate surface area is 102 Å². The third-order valence-electron chi connectivity index (χ3n) is 1.59. The summed E-state index contributed by atoms with van der Waals surface area (Å²) in [4.78, 5) is 21.8. The van der Waals surface area contributed by atoms with Crippen LogP contribution in [0.5, 0.6) is 0 Å². The monoisotopic (exact) mass is 287 g/mol. The average Bonchev–Trinajstić information content (AvgIpc) is 2.30. The molecule has 0 unspecified atom stereocenters. The number of imide groups is 1. The van der Waals surface area contributed by atoms with Crippen molar-refractivity contribution in [2.24, 2.45) is 0 Å². The van der Waals surface area contributed by atoms with Crippen molar-refractivity contribution in [2.45, 2.75) is 0 Å². The molecule has 0 N–H and O–H groups in total. The zero-order valence-electron chi connectivity index (χ0n) is 6.15. The van der Waals surface area contributed by atoms with E-state index in [2.05, 4.69) is 5.32 Å². The molecule has 2 rings (SSSR count). The summed E-state index contributed by atoms with van der Waals surface area (Å²) < 4.78 is 0. The van der Waals surface area contributed by atoms with E-state index in [4.69, 9.17) is 0 Å². The largest absolute Gasteiger partial charge is 0.587 e. The Morgan fingerprint density at radius 1 is 0.917 bits per heavy atom. The van der Waals surface area contributed by atoms with Crippen molar-refractivity contribution < 1.29 is 50.9 Å². The van der Waals surface area contributed by atoms with Gasteiger partial charge in [0.1, 0.15) is 0 Å². The average molecular weight is 287 g/mol. The normalized spacial score (nSPS) is 13.3. The van der Waals surface area contributed by atoms with Crippen LogP contribution >= 0.6 is 0 Å². The van der Waals surface area contributed by atoms with Crippen LogP contribution in [-0.4, -0.2) is 11.8 Å². The Bertz CT molecular complexity index is 316. The first kappa shape index (κ1) is 9.81. The van der Waals surface area contributed by atoms with Crippen molar-refractivity contribution in [3.63, 3.8) is 0 Å². The molecule has 4 heteroatoms. The number of hydrogen-bond donors (Lipinski definition) is 0. The van der Waals surface area contributed by atoms with Crippen LogP contribution in [0.25, 0.3) is 5.32 Å². The van der Waals surface area contributed by atoms with Crippen LogP contribution in [0.2, 0.25) is 0 Å². The third-order valence-corrected chi connectivity index (χ3v) is 1.59. The van der Waals surface area contributed by atoms with Gasteiger partial charge < -0.3 is 14.9 Å². The van der Waals surface area contributed by atoms with Gasteiger partial charge in [-0.1, -0.05) is 24.3 Å². The molecule has 1 radical (unpaired) electrons. The first-order valence-electron chi connectivity index (χ1n) is 3.18. The van der Waals surface area contributed by atoms with Gasteiger partial charge in [0.25, 0.3) is 0 Å². The molecule has 12 heavy (non-hydrogen) atoms. The number of fused-ring (bicyclic) bond motifs is 1.